The van der Waals surface area contributed by atoms with E-state index < -0.39 is 16.1 Å². The van der Waals surface area contributed by atoms with Crippen molar-refractivity contribution in [3.05, 3.63) is 62.3 Å². The zero-order valence-electron chi connectivity index (χ0n) is 17.8. The van der Waals surface area contributed by atoms with E-state index in [9.17, 15) is 19.7 Å². The molecule has 0 aliphatic carbocycles. The van der Waals surface area contributed by atoms with E-state index in [0.29, 0.717) is 21.1 Å². The molecule has 0 spiro atoms. The molecular weight excluding hydrogens is 452 g/mol. The molecule has 1 aromatic carbocycles. The molecule has 3 aromatic rings. The minimum absolute atomic E-state index is 0.169. The third-order valence-electron chi connectivity index (χ3n) is 4.63. The van der Waals surface area contributed by atoms with E-state index >= 15 is 0 Å². The zero-order chi connectivity index (χ0) is 23.4. The third-order valence-corrected chi connectivity index (χ3v) is 6.89. The molecule has 0 aliphatic heterocycles. The molecule has 0 saturated heterocycles. The highest BCUT2D eigenvalue weighted by Crippen LogP contribution is 2.31. The number of nitrogens with one attached hydrogen (secondary N) is 1. The van der Waals surface area contributed by atoms with Crippen LogP contribution in [-0.2, 0) is 17.8 Å². The SMILES string of the molecule is C=CCn1c(S[C@H](C)C(=O)Nc2cc([N+](=O)[O-])ccc2OC)nc2sc(CC)cc2c1=O. The maximum absolute atomic E-state index is 13.0. The van der Waals surface area contributed by atoms with E-state index in [1.54, 1.807) is 13.0 Å². The predicted molar refractivity (Wildman–Crippen MR) is 127 cm³/mol. The van der Waals surface area contributed by atoms with Gasteiger partial charge in [0.1, 0.15) is 10.6 Å². The van der Waals surface area contributed by atoms with Gasteiger partial charge >= 0.3 is 0 Å². The molecule has 3 rings (SSSR count). The van der Waals surface area contributed by atoms with Crippen LogP contribution in [0.5, 0.6) is 5.75 Å². The first-order valence-corrected chi connectivity index (χ1v) is 11.4. The molecule has 2 aromatic heterocycles. The van der Waals surface area contributed by atoms with E-state index in [1.807, 2.05) is 13.0 Å². The molecule has 1 atom stereocenters. The molecule has 0 bridgehead atoms. The Labute approximate surface area is 192 Å². The van der Waals surface area contributed by atoms with Crippen molar-refractivity contribution in [1.29, 1.82) is 0 Å². The molecule has 2 heterocycles. The van der Waals surface area contributed by atoms with E-state index in [1.165, 1.54) is 41.2 Å². The molecule has 0 saturated carbocycles. The number of hydrogen-bond donors (Lipinski definition) is 1. The number of ether oxygens (including phenoxy) is 1. The number of allylic oxidation sites excluding steroid dienone is 1. The second-order valence-electron chi connectivity index (χ2n) is 6.77. The summed E-state index contributed by atoms with van der Waals surface area (Å²) in [5.74, 6) is -0.108. The van der Waals surface area contributed by atoms with E-state index in [-0.39, 0.29) is 23.5 Å². The molecule has 168 valence electrons. The molecule has 0 radical (unpaired) electrons. The Morgan fingerprint density at radius 3 is 2.84 bits per heavy atom. The molecule has 9 nitrogen and oxygen atoms in total. The number of rotatable bonds is 9. The van der Waals surface area contributed by atoms with Crippen LogP contribution in [0.3, 0.4) is 0 Å². The van der Waals surface area contributed by atoms with Gasteiger partial charge in [0, 0.05) is 23.6 Å². The Bertz CT molecular complexity index is 1250. The molecule has 32 heavy (non-hydrogen) atoms. The number of hydrogen-bond acceptors (Lipinski definition) is 8. The van der Waals surface area contributed by atoms with E-state index in [0.717, 1.165) is 23.1 Å². The van der Waals surface area contributed by atoms with Crippen molar-refractivity contribution in [2.75, 3.05) is 12.4 Å². The molecule has 0 fully saturated rings. The largest absolute Gasteiger partial charge is 0.495 e. The van der Waals surface area contributed by atoms with Gasteiger partial charge in [0.15, 0.2) is 5.16 Å². The van der Waals surface area contributed by atoms with Gasteiger partial charge in [0.2, 0.25) is 5.91 Å². The van der Waals surface area contributed by atoms with Crippen LogP contribution in [0.1, 0.15) is 18.7 Å². The summed E-state index contributed by atoms with van der Waals surface area (Å²) < 4.78 is 6.69. The van der Waals surface area contributed by atoms with Gasteiger partial charge in [-0.2, -0.15) is 0 Å². The quantitative estimate of drug-likeness (QED) is 0.162. The number of carbonyl (C=O) groups excluding carboxylic acids is 1. The first-order chi connectivity index (χ1) is 15.3. The number of nitrogens with zero attached hydrogens (tertiary/aromatic N) is 3. The summed E-state index contributed by atoms with van der Waals surface area (Å²) in [4.78, 5) is 42.7. The maximum atomic E-state index is 13.0. The average molecular weight is 475 g/mol. The number of anilines is 1. The fraction of sp³-hybridized carbons (Fsp3) is 0.286. The predicted octanol–water partition coefficient (Wildman–Crippen LogP) is 4.24. The van der Waals surface area contributed by atoms with Crippen LogP contribution in [0.2, 0.25) is 0 Å². The van der Waals surface area contributed by atoms with Crippen LogP contribution in [0.25, 0.3) is 10.2 Å². The lowest BCUT2D eigenvalue weighted by atomic mass is 10.2. The highest BCUT2D eigenvalue weighted by atomic mass is 32.2. The van der Waals surface area contributed by atoms with Crippen molar-refractivity contribution < 1.29 is 14.5 Å². The number of fused-ring (bicyclic) bond motifs is 1. The number of nitro benzene ring substituents is 1. The van der Waals surface area contributed by atoms with Gasteiger partial charge in [-0.1, -0.05) is 24.8 Å². The van der Waals surface area contributed by atoms with Crippen LogP contribution in [0.4, 0.5) is 11.4 Å². The molecule has 0 unspecified atom stereocenters. The normalized spacial score (nSPS) is 11.8. The van der Waals surface area contributed by atoms with Gasteiger partial charge in [0.05, 0.1) is 28.4 Å². The second-order valence-corrected chi connectivity index (χ2v) is 9.20. The van der Waals surface area contributed by atoms with Gasteiger partial charge in [0.25, 0.3) is 11.2 Å². The second kappa shape index (κ2) is 9.96. The minimum Gasteiger partial charge on any atom is -0.495 e. The number of methoxy groups -OCH3 is 1. The fourth-order valence-electron chi connectivity index (χ4n) is 2.95. The lowest BCUT2D eigenvalue weighted by molar-refractivity contribution is -0.384. The Balaban J connectivity index is 1.90. The number of nitro groups is 1. The lowest BCUT2D eigenvalue weighted by Crippen LogP contribution is -2.26. The van der Waals surface area contributed by atoms with E-state index in [2.05, 4.69) is 16.9 Å². The molecule has 0 aliphatic rings. The van der Waals surface area contributed by atoms with Gasteiger partial charge in [-0.25, -0.2) is 4.98 Å². The number of aromatic nitrogens is 2. The number of non-ortho nitro benzene ring substituents is 1. The Morgan fingerprint density at radius 1 is 1.47 bits per heavy atom. The first kappa shape index (κ1) is 23.5. The Hall–Kier alpha value is -3.18. The molecular formula is C21H22N4O5S2. The first-order valence-electron chi connectivity index (χ1n) is 9.73. The minimum atomic E-state index is -0.648. The van der Waals surface area contributed by atoms with Crippen LogP contribution in [-0.4, -0.2) is 32.7 Å². The zero-order valence-corrected chi connectivity index (χ0v) is 19.4. The number of thiophene rings is 1. The van der Waals surface area contributed by atoms with Gasteiger partial charge in [-0.3, -0.25) is 24.3 Å². The molecule has 1 amide bonds. The number of thioether (sulfide) groups is 1. The summed E-state index contributed by atoms with van der Waals surface area (Å²) >= 11 is 2.59. The van der Waals surface area contributed by atoms with Crippen molar-refractivity contribution in [3.63, 3.8) is 0 Å². The number of aryl methyl sites for hydroxylation is 1. The monoisotopic (exact) mass is 474 g/mol. The number of carbonyl (C=O) groups is 1. The summed E-state index contributed by atoms with van der Waals surface area (Å²) in [5.41, 5.74) is -0.157. The van der Waals surface area contributed by atoms with Crippen LogP contribution in [0.15, 0.2) is 46.9 Å². The highest BCUT2D eigenvalue weighted by molar-refractivity contribution is 8.00. The van der Waals surface area contributed by atoms with Gasteiger partial charge in [-0.05, 0) is 25.5 Å². The van der Waals surface area contributed by atoms with Gasteiger partial charge < -0.3 is 10.1 Å². The van der Waals surface area contributed by atoms with Crippen molar-refractivity contribution in [2.45, 2.75) is 37.2 Å². The smallest absolute Gasteiger partial charge is 0.271 e. The molecule has 1 N–H and O–H groups in total. The summed E-state index contributed by atoms with van der Waals surface area (Å²) in [6, 6.07) is 5.81. The van der Waals surface area contributed by atoms with Crippen molar-refractivity contribution >= 4 is 50.6 Å². The molecule has 11 heteroatoms. The number of benzene rings is 1. The van der Waals surface area contributed by atoms with Crippen LogP contribution < -0.4 is 15.6 Å². The topological polar surface area (TPSA) is 116 Å². The van der Waals surface area contributed by atoms with Crippen LogP contribution >= 0.6 is 23.1 Å². The average Bonchev–Trinajstić information content (AvgIpc) is 3.19. The van der Waals surface area contributed by atoms with Crippen molar-refractivity contribution in [1.82, 2.24) is 9.55 Å². The maximum Gasteiger partial charge on any atom is 0.271 e. The van der Waals surface area contributed by atoms with Gasteiger partial charge in [-0.15, -0.1) is 17.9 Å². The summed E-state index contributed by atoms with van der Waals surface area (Å²) in [5, 5.41) is 14.1. The number of amides is 1. The van der Waals surface area contributed by atoms with Crippen LogP contribution in [0, 0.1) is 10.1 Å². The standard InChI is InChI=1S/C21H22N4O5S2/c1-5-9-24-20(27)15-11-14(6-2)32-19(15)23-21(24)31-12(3)18(26)22-16-10-13(25(28)29)7-8-17(16)30-4/h5,7-8,10-12H,1,6,9H2,2-4H3,(H,22,26)/t12-/m1/s1. The van der Waals surface area contributed by atoms with Crippen molar-refractivity contribution in [2.24, 2.45) is 0 Å². The highest BCUT2D eigenvalue weighted by Gasteiger charge is 2.22. The summed E-state index contributed by atoms with van der Waals surface area (Å²) in [7, 11) is 1.41. The van der Waals surface area contributed by atoms with E-state index in [4.69, 9.17) is 4.74 Å². The lowest BCUT2D eigenvalue weighted by Gasteiger charge is -2.16. The van der Waals surface area contributed by atoms with Crippen molar-refractivity contribution in [3.8, 4) is 5.75 Å². The third kappa shape index (κ3) is 4.83. The Kier molecular flexibility index (Phi) is 7.31. The summed E-state index contributed by atoms with van der Waals surface area (Å²) in [6.45, 7) is 7.65. The fourth-order valence-corrected chi connectivity index (χ4v) is 4.88. The summed E-state index contributed by atoms with van der Waals surface area (Å²) in [6.07, 6.45) is 2.40. The Morgan fingerprint density at radius 2 is 2.22 bits per heavy atom.